The third-order valence-electron chi connectivity index (χ3n) is 3.45. The van der Waals surface area contributed by atoms with Gasteiger partial charge in [-0.15, -0.1) is 0 Å². The predicted octanol–water partition coefficient (Wildman–Crippen LogP) is 2.92. The zero-order valence-corrected chi connectivity index (χ0v) is 12.0. The molecule has 2 aromatic carbocycles. The van der Waals surface area contributed by atoms with Gasteiger partial charge < -0.3 is 14.8 Å². The van der Waals surface area contributed by atoms with Gasteiger partial charge in [-0.05, 0) is 48.7 Å². The zero-order chi connectivity index (χ0) is 15.4. The van der Waals surface area contributed by atoms with E-state index in [1.807, 2.05) is 6.07 Å². The molecule has 1 heterocycles. The molecule has 1 amide bonds. The molecular weight excluding hydrogens is 285 g/mol. The van der Waals surface area contributed by atoms with Gasteiger partial charge in [0.2, 0.25) is 6.79 Å². The van der Waals surface area contributed by atoms with Crippen LogP contribution in [-0.4, -0.2) is 19.2 Å². The second kappa shape index (κ2) is 6.47. The van der Waals surface area contributed by atoms with Gasteiger partial charge in [0.05, 0.1) is 0 Å². The fourth-order valence-corrected chi connectivity index (χ4v) is 2.33. The lowest BCUT2D eigenvalue weighted by molar-refractivity contribution is 0.0952. The van der Waals surface area contributed by atoms with Gasteiger partial charge in [-0.3, -0.25) is 4.79 Å². The second-order valence-electron chi connectivity index (χ2n) is 5.06. The van der Waals surface area contributed by atoms with E-state index in [1.54, 1.807) is 24.3 Å². The van der Waals surface area contributed by atoms with Crippen LogP contribution in [0, 0.1) is 5.82 Å². The van der Waals surface area contributed by atoms with E-state index in [0.717, 1.165) is 18.4 Å². The number of ether oxygens (including phenoxy) is 2. The van der Waals surface area contributed by atoms with Crippen molar-refractivity contribution in [2.45, 2.75) is 12.8 Å². The molecule has 3 rings (SSSR count). The van der Waals surface area contributed by atoms with Gasteiger partial charge in [-0.2, -0.15) is 0 Å². The molecule has 1 aliphatic heterocycles. The quantitative estimate of drug-likeness (QED) is 0.864. The first-order valence-corrected chi connectivity index (χ1v) is 7.15. The Morgan fingerprint density at radius 3 is 2.86 bits per heavy atom. The summed E-state index contributed by atoms with van der Waals surface area (Å²) in [4.78, 5) is 12.0. The number of hydrogen-bond acceptors (Lipinski definition) is 3. The van der Waals surface area contributed by atoms with E-state index in [9.17, 15) is 9.18 Å². The number of rotatable bonds is 5. The molecule has 0 saturated carbocycles. The van der Waals surface area contributed by atoms with E-state index in [0.29, 0.717) is 23.6 Å². The van der Waals surface area contributed by atoms with Crippen molar-refractivity contribution in [1.29, 1.82) is 0 Å². The molecular formula is C17H16FNO3. The first kappa shape index (κ1) is 14.4. The van der Waals surface area contributed by atoms with Gasteiger partial charge in [-0.25, -0.2) is 4.39 Å². The number of carbonyl (C=O) groups excluding carboxylic acids is 1. The summed E-state index contributed by atoms with van der Waals surface area (Å²) in [6.07, 6.45) is 1.47. The Balaban J connectivity index is 1.48. The molecule has 2 aromatic rings. The Labute approximate surface area is 127 Å². The van der Waals surface area contributed by atoms with Crippen LogP contribution in [0.4, 0.5) is 4.39 Å². The topological polar surface area (TPSA) is 47.6 Å². The SMILES string of the molecule is O=C(NCCCc1cccc(F)c1)c1ccc2c(c1)OCO2. The fraction of sp³-hybridized carbons (Fsp3) is 0.235. The molecule has 0 unspecified atom stereocenters. The minimum Gasteiger partial charge on any atom is -0.454 e. The summed E-state index contributed by atoms with van der Waals surface area (Å²) in [6.45, 7) is 0.720. The molecule has 1 aliphatic rings. The lowest BCUT2D eigenvalue weighted by Crippen LogP contribution is -2.24. The maximum Gasteiger partial charge on any atom is 0.251 e. The molecule has 0 spiro atoms. The van der Waals surface area contributed by atoms with Crippen molar-refractivity contribution in [3.8, 4) is 11.5 Å². The highest BCUT2D eigenvalue weighted by Gasteiger charge is 2.15. The van der Waals surface area contributed by atoms with E-state index in [2.05, 4.69) is 5.32 Å². The highest BCUT2D eigenvalue weighted by atomic mass is 19.1. The van der Waals surface area contributed by atoms with Crippen LogP contribution in [0.25, 0.3) is 0 Å². The molecule has 0 bridgehead atoms. The van der Waals surface area contributed by atoms with E-state index in [1.165, 1.54) is 12.1 Å². The highest BCUT2D eigenvalue weighted by Crippen LogP contribution is 2.32. The molecule has 0 aliphatic carbocycles. The van der Waals surface area contributed by atoms with Crippen molar-refractivity contribution in [1.82, 2.24) is 5.32 Å². The van der Waals surface area contributed by atoms with Crippen LogP contribution >= 0.6 is 0 Å². The van der Waals surface area contributed by atoms with Crippen molar-refractivity contribution in [2.75, 3.05) is 13.3 Å². The standard InChI is InChI=1S/C17H16FNO3/c18-14-5-1-3-12(9-14)4-2-8-19-17(20)13-6-7-15-16(10-13)22-11-21-15/h1,3,5-7,9-10H,2,4,8,11H2,(H,19,20). The van der Waals surface area contributed by atoms with Crippen molar-refractivity contribution < 1.29 is 18.7 Å². The van der Waals surface area contributed by atoms with Gasteiger partial charge in [0, 0.05) is 12.1 Å². The van der Waals surface area contributed by atoms with Crippen molar-refractivity contribution in [2.24, 2.45) is 0 Å². The minimum absolute atomic E-state index is 0.155. The summed E-state index contributed by atoms with van der Waals surface area (Å²) in [7, 11) is 0. The maximum absolute atomic E-state index is 13.0. The fourth-order valence-electron chi connectivity index (χ4n) is 2.33. The molecule has 0 fully saturated rings. The highest BCUT2D eigenvalue weighted by molar-refractivity contribution is 5.94. The Morgan fingerprint density at radius 1 is 1.14 bits per heavy atom. The number of amides is 1. The molecule has 0 atom stereocenters. The van der Waals surface area contributed by atoms with Crippen LogP contribution in [0.15, 0.2) is 42.5 Å². The van der Waals surface area contributed by atoms with Crippen molar-refractivity contribution in [3.05, 3.63) is 59.4 Å². The minimum atomic E-state index is -0.234. The Hall–Kier alpha value is -2.56. The predicted molar refractivity (Wildman–Crippen MR) is 79.6 cm³/mol. The number of nitrogens with one attached hydrogen (secondary N) is 1. The third-order valence-corrected chi connectivity index (χ3v) is 3.45. The number of halogens is 1. The summed E-state index contributed by atoms with van der Waals surface area (Å²) >= 11 is 0. The first-order valence-electron chi connectivity index (χ1n) is 7.15. The van der Waals surface area contributed by atoms with Crippen LogP contribution in [0.5, 0.6) is 11.5 Å². The van der Waals surface area contributed by atoms with Gasteiger partial charge >= 0.3 is 0 Å². The normalized spacial score (nSPS) is 12.2. The van der Waals surface area contributed by atoms with Crippen molar-refractivity contribution >= 4 is 5.91 Å². The maximum atomic E-state index is 13.0. The average molecular weight is 301 g/mol. The molecule has 22 heavy (non-hydrogen) atoms. The lowest BCUT2D eigenvalue weighted by Gasteiger charge is -2.06. The number of fused-ring (bicyclic) bond motifs is 1. The Bertz CT molecular complexity index is 687. The Kier molecular flexibility index (Phi) is 4.23. The number of carbonyl (C=O) groups is 1. The molecule has 0 radical (unpaired) electrons. The van der Waals surface area contributed by atoms with E-state index in [4.69, 9.17) is 9.47 Å². The smallest absolute Gasteiger partial charge is 0.251 e. The van der Waals surface area contributed by atoms with Crippen LogP contribution in [0.2, 0.25) is 0 Å². The average Bonchev–Trinajstić information content (AvgIpc) is 2.99. The Morgan fingerprint density at radius 2 is 2.00 bits per heavy atom. The summed E-state index contributed by atoms with van der Waals surface area (Å²) in [6, 6.07) is 11.6. The molecule has 0 saturated heterocycles. The second-order valence-corrected chi connectivity index (χ2v) is 5.06. The molecule has 5 heteroatoms. The van der Waals surface area contributed by atoms with E-state index < -0.39 is 0 Å². The summed E-state index contributed by atoms with van der Waals surface area (Å²) < 4.78 is 23.5. The lowest BCUT2D eigenvalue weighted by atomic mass is 10.1. The van der Waals surface area contributed by atoms with E-state index in [-0.39, 0.29) is 18.5 Å². The number of hydrogen-bond donors (Lipinski definition) is 1. The third kappa shape index (κ3) is 3.36. The van der Waals surface area contributed by atoms with Crippen LogP contribution < -0.4 is 14.8 Å². The molecule has 1 N–H and O–H groups in total. The number of aryl methyl sites for hydroxylation is 1. The summed E-state index contributed by atoms with van der Waals surface area (Å²) in [5.41, 5.74) is 1.47. The zero-order valence-electron chi connectivity index (χ0n) is 12.0. The number of benzene rings is 2. The van der Waals surface area contributed by atoms with Crippen molar-refractivity contribution in [3.63, 3.8) is 0 Å². The molecule has 0 aromatic heterocycles. The first-order chi connectivity index (χ1) is 10.7. The largest absolute Gasteiger partial charge is 0.454 e. The van der Waals surface area contributed by atoms with Gasteiger partial charge in [-0.1, -0.05) is 12.1 Å². The summed E-state index contributed by atoms with van der Waals surface area (Å²) in [5, 5.41) is 2.85. The van der Waals surface area contributed by atoms with Crippen LogP contribution in [0.1, 0.15) is 22.3 Å². The molecule has 114 valence electrons. The van der Waals surface area contributed by atoms with Crippen LogP contribution in [0.3, 0.4) is 0 Å². The van der Waals surface area contributed by atoms with Gasteiger partial charge in [0.15, 0.2) is 11.5 Å². The molecule has 4 nitrogen and oxygen atoms in total. The van der Waals surface area contributed by atoms with Gasteiger partial charge in [0.1, 0.15) is 5.82 Å². The van der Waals surface area contributed by atoms with Crippen LogP contribution in [-0.2, 0) is 6.42 Å². The summed E-state index contributed by atoms with van der Waals surface area (Å²) in [5.74, 6) is 0.856. The van der Waals surface area contributed by atoms with E-state index >= 15 is 0 Å². The monoisotopic (exact) mass is 301 g/mol. The van der Waals surface area contributed by atoms with Gasteiger partial charge in [0.25, 0.3) is 5.91 Å².